The van der Waals surface area contributed by atoms with E-state index in [1.807, 2.05) is 36.7 Å². The first-order valence-corrected chi connectivity index (χ1v) is 6.42. The van der Waals surface area contributed by atoms with Gasteiger partial charge in [-0.3, -0.25) is 4.40 Å². The summed E-state index contributed by atoms with van der Waals surface area (Å²) in [6.45, 7) is 1.97. The van der Waals surface area contributed by atoms with Gasteiger partial charge in [0.25, 0.3) is 0 Å². The fraction of sp³-hybridized carbons (Fsp3) is 0.154. The zero-order valence-electron chi connectivity index (χ0n) is 9.50. The highest BCUT2D eigenvalue weighted by Crippen LogP contribution is 2.29. The summed E-state index contributed by atoms with van der Waals surface area (Å²) in [6.07, 6.45) is 2.04. The Kier molecular flexibility index (Phi) is 2.46. The van der Waals surface area contributed by atoms with Gasteiger partial charge in [0.2, 0.25) is 0 Å². The topological polar surface area (TPSA) is 43.3 Å². The fourth-order valence-corrected chi connectivity index (χ4v) is 2.72. The van der Waals surface area contributed by atoms with E-state index < -0.39 is 0 Å². The highest BCUT2D eigenvalue weighted by Gasteiger charge is 2.17. The predicted octanol–water partition coefficient (Wildman–Crippen LogP) is 3.08. The Labute approximate surface area is 104 Å². The van der Waals surface area contributed by atoms with Crippen molar-refractivity contribution in [2.75, 3.05) is 0 Å². The average molecular weight is 243 g/mol. The number of aromatic nitrogens is 2. The Morgan fingerprint density at radius 1 is 1.29 bits per heavy atom. The van der Waals surface area contributed by atoms with Gasteiger partial charge in [0.05, 0.1) is 11.4 Å². The molecule has 0 bridgehead atoms. The minimum Gasteiger partial charge on any atom is -0.323 e. The van der Waals surface area contributed by atoms with Gasteiger partial charge in [-0.2, -0.15) is 0 Å². The van der Waals surface area contributed by atoms with Gasteiger partial charge in [0, 0.05) is 23.2 Å². The summed E-state index contributed by atoms with van der Waals surface area (Å²) >= 11 is 1.63. The number of benzene rings is 1. The summed E-state index contributed by atoms with van der Waals surface area (Å²) < 4.78 is 2.11. The van der Waals surface area contributed by atoms with Crippen molar-refractivity contribution in [1.82, 2.24) is 9.38 Å². The molecular formula is C13H13N3S. The second-order valence-corrected chi connectivity index (χ2v) is 4.93. The van der Waals surface area contributed by atoms with Gasteiger partial charge in [-0.05, 0) is 6.92 Å². The van der Waals surface area contributed by atoms with Crippen LogP contribution in [-0.2, 0) is 0 Å². The summed E-state index contributed by atoms with van der Waals surface area (Å²) in [7, 11) is 0. The molecule has 0 saturated carbocycles. The molecule has 0 saturated heterocycles. The molecule has 0 aliphatic heterocycles. The van der Waals surface area contributed by atoms with Crippen molar-refractivity contribution < 1.29 is 0 Å². The summed E-state index contributed by atoms with van der Waals surface area (Å²) in [6, 6.07) is 10.2. The molecule has 0 aliphatic rings. The fourth-order valence-electron chi connectivity index (χ4n) is 2.00. The standard InChI is InChI=1S/C13H13N3S/c1-9(14)11-12(10-5-3-2-4-6-10)16-7-8-17-13(16)15-11/h2-9H,14H2,1H3. The first kappa shape index (κ1) is 10.5. The maximum atomic E-state index is 6.00. The first-order chi connectivity index (χ1) is 8.27. The smallest absolute Gasteiger partial charge is 0.194 e. The molecule has 0 spiro atoms. The highest BCUT2D eigenvalue weighted by atomic mass is 32.1. The number of rotatable bonds is 2. The van der Waals surface area contributed by atoms with Crippen LogP contribution in [0.4, 0.5) is 0 Å². The van der Waals surface area contributed by atoms with Gasteiger partial charge in [-0.15, -0.1) is 11.3 Å². The van der Waals surface area contributed by atoms with E-state index in [1.54, 1.807) is 11.3 Å². The van der Waals surface area contributed by atoms with Gasteiger partial charge >= 0.3 is 0 Å². The minimum absolute atomic E-state index is 0.0580. The molecule has 4 heteroatoms. The lowest BCUT2D eigenvalue weighted by Crippen LogP contribution is -2.07. The van der Waals surface area contributed by atoms with Crippen LogP contribution in [0, 0.1) is 0 Å². The highest BCUT2D eigenvalue weighted by molar-refractivity contribution is 7.15. The normalized spacial score (nSPS) is 13.1. The molecule has 0 amide bonds. The Hall–Kier alpha value is -1.65. The van der Waals surface area contributed by atoms with Crippen LogP contribution in [0.5, 0.6) is 0 Å². The van der Waals surface area contributed by atoms with Gasteiger partial charge in [-0.25, -0.2) is 4.98 Å². The molecular weight excluding hydrogens is 230 g/mol. The molecule has 2 N–H and O–H groups in total. The third-order valence-electron chi connectivity index (χ3n) is 2.77. The van der Waals surface area contributed by atoms with Crippen molar-refractivity contribution in [1.29, 1.82) is 0 Å². The molecule has 0 radical (unpaired) electrons. The quantitative estimate of drug-likeness (QED) is 0.751. The van der Waals surface area contributed by atoms with Crippen LogP contribution in [0.3, 0.4) is 0 Å². The largest absolute Gasteiger partial charge is 0.323 e. The van der Waals surface area contributed by atoms with Crippen LogP contribution in [0.15, 0.2) is 41.9 Å². The first-order valence-electron chi connectivity index (χ1n) is 5.54. The van der Waals surface area contributed by atoms with Gasteiger partial charge < -0.3 is 5.73 Å². The van der Waals surface area contributed by atoms with Crippen LogP contribution in [-0.4, -0.2) is 9.38 Å². The van der Waals surface area contributed by atoms with Crippen LogP contribution in [0.1, 0.15) is 18.7 Å². The van der Waals surface area contributed by atoms with Crippen molar-refractivity contribution >= 4 is 16.3 Å². The Morgan fingerprint density at radius 3 is 2.76 bits per heavy atom. The third kappa shape index (κ3) is 1.66. The Balaban J connectivity index is 2.32. The number of nitrogens with two attached hydrogens (primary N) is 1. The molecule has 3 rings (SSSR count). The second kappa shape index (κ2) is 3.98. The van der Waals surface area contributed by atoms with Crippen LogP contribution < -0.4 is 5.73 Å². The van der Waals surface area contributed by atoms with Crippen molar-refractivity contribution in [3.05, 3.63) is 47.6 Å². The lowest BCUT2D eigenvalue weighted by Gasteiger charge is -2.06. The number of nitrogens with zero attached hydrogens (tertiary/aromatic N) is 2. The van der Waals surface area contributed by atoms with E-state index in [0.717, 1.165) is 21.9 Å². The lowest BCUT2D eigenvalue weighted by molar-refractivity contribution is 0.793. The van der Waals surface area contributed by atoms with E-state index >= 15 is 0 Å². The predicted molar refractivity (Wildman–Crippen MR) is 71.1 cm³/mol. The van der Waals surface area contributed by atoms with Crippen LogP contribution in [0.2, 0.25) is 0 Å². The molecule has 86 valence electrons. The molecule has 3 nitrogen and oxygen atoms in total. The van der Waals surface area contributed by atoms with E-state index in [0.29, 0.717) is 0 Å². The minimum atomic E-state index is -0.0580. The lowest BCUT2D eigenvalue weighted by atomic mass is 10.1. The number of hydrogen-bond acceptors (Lipinski definition) is 3. The summed E-state index contributed by atoms with van der Waals surface area (Å²) in [5, 5.41) is 2.04. The van der Waals surface area contributed by atoms with E-state index in [1.165, 1.54) is 0 Å². The molecule has 3 aromatic rings. The second-order valence-electron chi connectivity index (χ2n) is 4.06. The monoisotopic (exact) mass is 243 g/mol. The Bertz CT molecular complexity index is 637. The van der Waals surface area contributed by atoms with E-state index in [-0.39, 0.29) is 6.04 Å². The van der Waals surface area contributed by atoms with Gasteiger partial charge in [0.15, 0.2) is 4.96 Å². The summed E-state index contributed by atoms with van der Waals surface area (Å²) in [4.78, 5) is 5.60. The van der Waals surface area contributed by atoms with Crippen molar-refractivity contribution in [2.24, 2.45) is 5.73 Å². The number of imidazole rings is 1. The zero-order valence-corrected chi connectivity index (χ0v) is 10.3. The average Bonchev–Trinajstić information content (AvgIpc) is 2.89. The van der Waals surface area contributed by atoms with Crippen LogP contribution in [0.25, 0.3) is 16.2 Å². The molecule has 0 fully saturated rings. The molecule has 17 heavy (non-hydrogen) atoms. The maximum Gasteiger partial charge on any atom is 0.194 e. The molecule has 1 atom stereocenters. The van der Waals surface area contributed by atoms with Gasteiger partial charge in [0.1, 0.15) is 0 Å². The van der Waals surface area contributed by atoms with Crippen molar-refractivity contribution in [3.63, 3.8) is 0 Å². The zero-order chi connectivity index (χ0) is 11.8. The SMILES string of the molecule is CC(N)c1nc2sccn2c1-c1ccccc1. The van der Waals surface area contributed by atoms with Crippen molar-refractivity contribution in [3.8, 4) is 11.3 Å². The molecule has 0 aliphatic carbocycles. The van der Waals surface area contributed by atoms with E-state index in [9.17, 15) is 0 Å². The Morgan fingerprint density at radius 2 is 2.06 bits per heavy atom. The molecule has 2 aromatic heterocycles. The molecule has 1 aromatic carbocycles. The maximum absolute atomic E-state index is 6.00. The molecule has 1 unspecified atom stereocenters. The third-order valence-corrected chi connectivity index (χ3v) is 3.52. The van der Waals surface area contributed by atoms with Crippen molar-refractivity contribution in [2.45, 2.75) is 13.0 Å². The number of hydrogen-bond donors (Lipinski definition) is 1. The summed E-state index contributed by atoms with van der Waals surface area (Å²) in [5.74, 6) is 0. The molecule has 2 heterocycles. The number of thiazole rings is 1. The summed E-state index contributed by atoms with van der Waals surface area (Å²) in [5.41, 5.74) is 9.23. The number of fused-ring (bicyclic) bond motifs is 1. The van der Waals surface area contributed by atoms with Gasteiger partial charge in [-0.1, -0.05) is 30.3 Å². The van der Waals surface area contributed by atoms with E-state index in [2.05, 4.69) is 21.5 Å². The van der Waals surface area contributed by atoms with E-state index in [4.69, 9.17) is 5.73 Å². The van der Waals surface area contributed by atoms with Crippen LogP contribution >= 0.6 is 11.3 Å².